The summed E-state index contributed by atoms with van der Waals surface area (Å²) in [6.07, 6.45) is -6.94. The second-order valence-corrected chi connectivity index (χ2v) is 19.0. The molecule has 2 heterocycles. The molecule has 0 bridgehead atoms. The number of pyridine rings is 1. The first-order chi connectivity index (χ1) is 28.8. The third-order valence-electron chi connectivity index (χ3n) is 10.3. The topological polar surface area (TPSA) is 182 Å². The molecule has 18 heteroatoms. The Labute approximate surface area is 357 Å². The molecule has 1 saturated carbocycles. The number of likely N-dealkylation sites (tertiary alicyclic amines) is 1. The molecule has 3 N–H and O–H groups in total. The van der Waals surface area contributed by atoms with E-state index in [-0.39, 0.29) is 25.0 Å². The van der Waals surface area contributed by atoms with E-state index in [0.717, 1.165) is 17.7 Å². The number of alkyl halides is 3. The van der Waals surface area contributed by atoms with Gasteiger partial charge in [0.15, 0.2) is 0 Å². The van der Waals surface area contributed by atoms with Crippen LogP contribution in [0.3, 0.4) is 0 Å². The van der Waals surface area contributed by atoms with Crippen molar-refractivity contribution in [3.8, 4) is 22.8 Å². The van der Waals surface area contributed by atoms with E-state index in [1.54, 1.807) is 70.5 Å². The highest BCUT2D eigenvalue weighted by Gasteiger charge is 2.58. The van der Waals surface area contributed by atoms with Gasteiger partial charge >= 0.3 is 12.3 Å². The zero-order valence-electron chi connectivity index (χ0n) is 35.2. The number of methoxy groups -OCH3 is 1. The number of nitrogens with zero attached hydrogens (tertiary/aromatic N) is 2. The molecule has 2 aliphatic rings. The summed E-state index contributed by atoms with van der Waals surface area (Å²) in [6, 6.07) is 16.6. The fourth-order valence-electron chi connectivity index (χ4n) is 7.06. The van der Waals surface area contributed by atoms with E-state index < -0.39 is 85.2 Å². The molecule has 1 saturated heterocycles. The van der Waals surface area contributed by atoms with Crippen molar-refractivity contribution in [1.82, 2.24) is 25.2 Å². The lowest BCUT2D eigenvalue weighted by molar-refractivity contribution is -0.142. The number of benzene rings is 3. The molecule has 1 aliphatic heterocycles. The fraction of sp³-hybridized carbons (Fsp3) is 0.386. The van der Waals surface area contributed by atoms with Crippen molar-refractivity contribution in [1.29, 1.82) is 0 Å². The number of hydrogen-bond donors (Lipinski definition) is 3. The Morgan fingerprint density at radius 3 is 2.21 bits per heavy atom. The normalized spacial score (nSPS) is 19.6. The molecule has 1 aromatic heterocycles. The summed E-state index contributed by atoms with van der Waals surface area (Å²) >= 11 is 0. The molecule has 6 rings (SSSR count). The molecule has 4 unspecified atom stereocenters. The fourth-order valence-corrected chi connectivity index (χ4v) is 8.14. The predicted octanol–water partition coefficient (Wildman–Crippen LogP) is 6.54. The monoisotopic (exact) mass is 879 g/mol. The number of alkyl carbamates (subject to hydrolysis) is 1. The minimum Gasteiger partial charge on any atom is -0.497 e. The van der Waals surface area contributed by atoms with Gasteiger partial charge in [-0.15, -0.1) is 0 Å². The minimum absolute atomic E-state index is 0.109. The minimum atomic E-state index is -4.87. The van der Waals surface area contributed by atoms with Crippen LogP contribution in [0, 0.1) is 5.41 Å². The van der Waals surface area contributed by atoms with Gasteiger partial charge in [-0.3, -0.25) is 14.4 Å². The van der Waals surface area contributed by atoms with E-state index in [0.29, 0.717) is 40.2 Å². The SMILES string of the molecule is C=C1CC1(NC(=O)C1CC(Oc2cc(-c3ccccc3)nc3cc(OC)ccc23)CN1C(=O)C(NC(=O)OC(C)(C)C)C(C)(C)C)C(=O)NS(=O)(=O)c1cccc(C(F)(F)F)c1. The number of nitrogens with one attached hydrogen (secondary N) is 3. The van der Waals surface area contributed by atoms with Crippen molar-refractivity contribution in [3.63, 3.8) is 0 Å². The zero-order valence-corrected chi connectivity index (χ0v) is 36.0. The zero-order chi connectivity index (χ0) is 45.6. The highest BCUT2D eigenvalue weighted by atomic mass is 32.2. The molecule has 2 fully saturated rings. The summed E-state index contributed by atoms with van der Waals surface area (Å²) in [6.45, 7) is 13.7. The lowest BCUT2D eigenvalue weighted by atomic mass is 9.85. The molecule has 0 spiro atoms. The first-order valence-corrected chi connectivity index (χ1v) is 21.1. The van der Waals surface area contributed by atoms with E-state index in [9.17, 15) is 40.8 Å². The lowest BCUT2D eigenvalue weighted by Crippen LogP contribution is -2.60. The van der Waals surface area contributed by atoms with Crippen LogP contribution < -0.4 is 24.8 Å². The quantitative estimate of drug-likeness (QED) is 0.140. The Bertz CT molecular complexity index is 2540. The lowest BCUT2D eigenvalue weighted by Gasteiger charge is -2.36. The molecule has 4 atom stereocenters. The van der Waals surface area contributed by atoms with E-state index in [4.69, 9.17) is 19.2 Å². The highest BCUT2D eigenvalue weighted by molar-refractivity contribution is 7.90. The van der Waals surface area contributed by atoms with Gasteiger partial charge in [-0.1, -0.05) is 63.7 Å². The maximum absolute atomic E-state index is 14.7. The van der Waals surface area contributed by atoms with Gasteiger partial charge in [-0.25, -0.2) is 22.9 Å². The molecule has 330 valence electrons. The largest absolute Gasteiger partial charge is 0.497 e. The second-order valence-electron chi connectivity index (χ2n) is 17.3. The van der Waals surface area contributed by atoms with Crippen molar-refractivity contribution in [2.24, 2.45) is 5.41 Å². The van der Waals surface area contributed by atoms with Crippen LogP contribution in [0.2, 0.25) is 0 Å². The maximum Gasteiger partial charge on any atom is 0.416 e. The standard InChI is InChI=1S/C44H48F3N5O9S/c1-25-23-43(25,39(55)51-62(57,58)30-16-12-15-27(19-30)44(45,46)47)50-37(53)34-21-29(24-52(34)38(54)36(41(2,3)4)49-40(56)61-42(5,6)7)60-35-22-32(26-13-10-9-11-14-26)48-33-20-28(59-8)17-18-31(33)35/h9-20,22,29,34,36H,1,21,23-24H2,2-8H3,(H,49,56)(H,50,53)(H,51,55). The van der Waals surface area contributed by atoms with Crippen LogP contribution >= 0.6 is 0 Å². The molecule has 4 amide bonds. The molecule has 4 aromatic rings. The van der Waals surface area contributed by atoms with E-state index in [2.05, 4.69) is 17.2 Å². The third kappa shape index (κ3) is 9.96. The van der Waals surface area contributed by atoms with Crippen LogP contribution in [-0.2, 0) is 35.3 Å². The van der Waals surface area contributed by atoms with Crippen molar-refractivity contribution in [2.75, 3.05) is 13.7 Å². The Hall–Kier alpha value is -6.17. The van der Waals surface area contributed by atoms with Gasteiger partial charge < -0.3 is 29.7 Å². The number of sulfonamides is 1. The van der Waals surface area contributed by atoms with Crippen LogP contribution in [0.4, 0.5) is 18.0 Å². The van der Waals surface area contributed by atoms with Crippen LogP contribution in [0.25, 0.3) is 22.2 Å². The summed E-state index contributed by atoms with van der Waals surface area (Å²) in [5.41, 5.74) is -3.07. The number of amides is 4. The van der Waals surface area contributed by atoms with Gasteiger partial charge in [-0.05, 0) is 62.1 Å². The molecule has 3 aromatic carbocycles. The summed E-state index contributed by atoms with van der Waals surface area (Å²) in [5, 5.41) is 5.83. The number of halogens is 3. The molecule has 0 radical (unpaired) electrons. The summed E-state index contributed by atoms with van der Waals surface area (Å²) in [5.74, 6) is -1.90. The number of aromatic nitrogens is 1. The van der Waals surface area contributed by atoms with Crippen molar-refractivity contribution >= 4 is 44.7 Å². The van der Waals surface area contributed by atoms with Gasteiger partial charge in [0.25, 0.3) is 15.9 Å². The van der Waals surface area contributed by atoms with Crippen LogP contribution in [0.5, 0.6) is 11.5 Å². The molecular formula is C44H48F3N5O9S. The van der Waals surface area contributed by atoms with E-state index in [1.807, 2.05) is 30.3 Å². The Morgan fingerprint density at radius 1 is 0.935 bits per heavy atom. The summed E-state index contributed by atoms with van der Waals surface area (Å²) in [4.78, 5) is 61.2. The number of rotatable bonds is 11. The van der Waals surface area contributed by atoms with Gasteiger partial charge in [0.05, 0.1) is 35.3 Å². The predicted molar refractivity (Wildman–Crippen MR) is 222 cm³/mol. The van der Waals surface area contributed by atoms with E-state index >= 15 is 0 Å². The Balaban J connectivity index is 1.33. The number of fused-ring (bicyclic) bond motifs is 1. The van der Waals surface area contributed by atoms with Gasteiger partial charge in [0.2, 0.25) is 11.8 Å². The van der Waals surface area contributed by atoms with Crippen LogP contribution in [0.15, 0.2) is 95.9 Å². The third-order valence-corrected chi connectivity index (χ3v) is 11.7. The number of ether oxygens (including phenoxy) is 3. The van der Waals surface area contributed by atoms with E-state index in [1.165, 1.54) is 12.0 Å². The molecule has 62 heavy (non-hydrogen) atoms. The van der Waals surface area contributed by atoms with Gasteiger partial charge in [0, 0.05) is 35.9 Å². The molecule has 14 nitrogen and oxygen atoms in total. The second kappa shape index (κ2) is 16.6. The van der Waals surface area contributed by atoms with Gasteiger partial charge in [0.1, 0.15) is 40.8 Å². The number of carbonyl (C=O) groups excluding carboxylic acids is 4. The van der Waals surface area contributed by atoms with Crippen LogP contribution in [0.1, 0.15) is 59.9 Å². The first-order valence-electron chi connectivity index (χ1n) is 19.6. The average Bonchev–Trinajstić information content (AvgIpc) is 3.64. The maximum atomic E-state index is 14.7. The van der Waals surface area contributed by atoms with Crippen molar-refractivity contribution in [3.05, 3.63) is 96.6 Å². The number of hydrogen-bond acceptors (Lipinski definition) is 10. The van der Waals surface area contributed by atoms with Crippen molar-refractivity contribution in [2.45, 2.75) is 94.8 Å². The smallest absolute Gasteiger partial charge is 0.416 e. The Kier molecular flexibility index (Phi) is 12.1. The van der Waals surface area contributed by atoms with Crippen LogP contribution in [-0.4, -0.2) is 85.1 Å². The van der Waals surface area contributed by atoms with Gasteiger partial charge in [-0.2, -0.15) is 13.2 Å². The summed E-state index contributed by atoms with van der Waals surface area (Å²) < 4.78 is 86.0. The summed E-state index contributed by atoms with van der Waals surface area (Å²) in [7, 11) is -3.35. The molecular weight excluding hydrogens is 832 g/mol. The highest BCUT2D eigenvalue weighted by Crippen LogP contribution is 2.43. The first kappa shape index (κ1) is 45.4. The Morgan fingerprint density at radius 2 is 1.61 bits per heavy atom. The average molecular weight is 880 g/mol. The molecule has 1 aliphatic carbocycles. The van der Waals surface area contributed by atoms with Crippen molar-refractivity contribution < 1.29 is 55.0 Å². The number of carbonyl (C=O) groups is 4.